The number of amides is 1. The van der Waals surface area contributed by atoms with Crippen LogP contribution in [0.1, 0.15) is 52.0 Å². The van der Waals surface area contributed by atoms with Gasteiger partial charge in [0, 0.05) is 0 Å². The molecular weight excluding hydrogens is 489 g/mol. The van der Waals surface area contributed by atoms with Crippen LogP contribution < -0.4 is 28.6 Å². The van der Waals surface area contributed by atoms with E-state index in [0.717, 1.165) is 5.56 Å². The molecule has 1 aliphatic rings. The van der Waals surface area contributed by atoms with Crippen LogP contribution >= 0.6 is 0 Å². The molecule has 6 heteroatoms. The van der Waals surface area contributed by atoms with Crippen molar-refractivity contribution in [1.29, 1.82) is 0 Å². The van der Waals surface area contributed by atoms with Gasteiger partial charge in [-0.1, -0.05) is 0 Å². The summed E-state index contributed by atoms with van der Waals surface area (Å²) in [7, 11) is 0. The molecule has 1 amide bonds. The first kappa shape index (κ1) is 26.9. The Morgan fingerprint density at radius 1 is 0.844 bits per heavy atom. The molecule has 0 heterocycles. The zero-order chi connectivity index (χ0) is 21.5. The first-order valence-corrected chi connectivity index (χ1v) is 18.0. The van der Waals surface area contributed by atoms with Crippen molar-refractivity contribution in [2.75, 3.05) is 0 Å². The summed E-state index contributed by atoms with van der Waals surface area (Å²) < 4.78 is 4.01. The molecule has 0 atom stereocenters. The summed E-state index contributed by atoms with van der Waals surface area (Å²) in [5, 5.41) is 0. The number of hydrogen-bond acceptors (Lipinski definition) is 1. The van der Waals surface area contributed by atoms with E-state index in [0.29, 0.717) is 4.22 Å². The second-order valence-electron chi connectivity index (χ2n) is 9.50. The van der Waals surface area contributed by atoms with Gasteiger partial charge in [0.05, 0.1) is 0 Å². The molecule has 0 radical (unpaired) electrons. The second-order valence-corrected chi connectivity index (χ2v) is 22.5. The van der Waals surface area contributed by atoms with Gasteiger partial charge >= 0.3 is 188 Å². The monoisotopic (exact) mass is 518 g/mol. The fraction of sp³-hybridized carbons (Fsp3) is 0.269. The van der Waals surface area contributed by atoms with E-state index in [2.05, 4.69) is 98.3 Å². The molecule has 167 valence electrons. The Bertz CT molecular complexity index is 1050. The number of carbonyl (C=O) groups is 1. The van der Waals surface area contributed by atoms with Crippen molar-refractivity contribution >= 4 is 12.6 Å². The molecule has 0 fully saturated rings. The Labute approximate surface area is 212 Å². The zero-order valence-corrected chi connectivity index (χ0v) is 23.5. The van der Waals surface area contributed by atoms with Gasteiger partial charge in [0.15, 0.2) is 0 Å². The van der Waals surface area contributed by atoms with Gasteiger partial charge in [-0.15, -0.1) is 0 Å². The molecule has 4 rings (SSSR count). The molecule has 0 unspecified atom stereocenters. The third kappa shape index (κ3) is 5.24. The van der Waals surface area contributed by atoms with Crippen molar-refractivity contribution in [3.63, 3.8) is 0 Å². The van der Waals surface area contributed by atoms with Crippen LogP contribution in [0.2, 0.25) is 13.1 Å². The predicted molar refractivity (Wildman–Crippen MR) is 125 cm³/mol. The van der Waals surface area contributed by atoms with Gasteiger partial charge in [-0.2, -0.15) is 0 Å². The van der Waals surface area contributed by atoms with E-state index in [1.54, 1.807) is 0 Å². The third-order valence-electron chi connectivity index (χ3n) is 6.02. The molecular formula is C26H30Cl2NOSiTi. The van der Waals surface area contributed by atoms with E-state index in [9.17, 15) is 4.79 Å². The number of rotatable bonds is 4. The van der Waals surface area contributed by atoms with E-state index >= 15 is 0 Å². The Kier molecular flexibility index (Phi) is 9.00. The minimum Gasteiger partial charge on any atom is -1.00 e. The third-order valence-corrected chi connectivity index (χ3v) is 17.8. The first-order chi connectivity index (χ1) is 14.3. The molecule has 2 nitrogen and oxygen atoms in total. The van der Waals surface area contributed by atoms with Crippen LogP contribution in [0.25, 0.3) is 11.1 Å². The Morgan fingerprint density at radius 3 is 1.88 bits per heavy atom. The number of halogens is 2. The smallest absolute Gasteiger partial charge is 1.00 e. The Morgan fingerprint density at radius 2 is 1.38 bits per heavy atom. The van der Waals surface area contributed by atoms with Gasteiger partial charge in [-0.05, 0) is 0 Å². The standard InChI is InChI=1S/C13H9.C11H15NO.C2H7Si.2ClH.Ti/c1-3-7-12-10(5-1)9-11-6-2-4-8-13(11)12;1-11(2,3)9-6-4-5-8(7-9)10(12)13;1-3-2;;;/h1-9H;4-7H,1-3H3,(H2,12,13);3H,1-2H3;2*1H;/q;;;;;+3/p-3. The van der Waals surface area contributed by atoms with Crippen LogP contribution in [0.15, 0.2) is 72.8 Å². The van der Waals surface area contributed by atoms with E-state index < -0.39 is 24.0 Å². The van der Waals surface area contributed by atoms with Crippen molar-refractivity contribution in [1.82, 2.24) is 3.80 Å². The average Bonchev–Trinajstić information content (AvgIpc) is 3.05. The molecule has 0 aliphatic heterocycles. The van der Waals surface area contributed by atoms with Crippen LogP contribution in [0, 0.1) is 0 Å². The molecule has 1 N–H and O–H groups in total. The van der Waals surface area contributed by atoms with E-state index in [1.807, 2.05) is 12.1 Å². The van der Waals surface area contributed by atoms with Crippen LogP contribution in [-0.2, 0) is 22.8 Å². The van der Waals surface area contributed by atoms with Gasteiger partial charge in [0.2, 0.25) is 0 Å². The van der Waals surface area contributed by atoms with Gasteiger partial charge in [-0.25, -0.2) is 0 Å². The van der Waals surface area contributed by atoms with Crippen LogP contribution in [0.4, 0.5) is 0 Å². The SMILES string of the molecule is C[SiH](C)[Ti+2]([NH]C(=O)c1cccc(C(C)(C)C)c1)[CH]1c2ccccc2-c2ccccc21.[Cl-].[Cl-]. The van der Waals surface area contributed by atoms with Gasteiger partial charge in [0.25, 0.3) is 0 Å². The predicted octanol–water partition coefficient (Wildman–Crippen LogP) is 0.00850. The molecule has 3 aromatic carbocycles. The molecule has 0 aromatic heterocycles. The minimum atomic E-state index is -1.93. The number of fused-ring (bicyclic) bond motifs is 3. The fourth-order valence-corrected chi connectivity index (χ4v) is 14.5. The van der Waals surface area contributed by atoms with Gasteiger partial charge in [-0.3, -0.25) is 0 Å². The van der Waals surface area contributed by atoms with Crippen LogP contribution in [0.3, 0.4) is 0 Å². The maximum absolute atomic E-state index is 13.4. The molecule has 3 aromatic rings. The van der Waals surface area contributed by atoms with Gasteiger partial charge in [0.1, 0.15) is 0 Å². The molecule has 0 saturated carbocycles. The van der Waals surface area contributed by atoms with Crippen LogP contribution in [0.5, 0.6) is 0 Å². The summed E-state index contributed by atoms with van der Waals surface area (Å²) in [4.78, 5) is 13.4. The molecule has 0 spiro atoms. The number of carbonyl (C=O) groups excluding carboxylic acids is 1. The van der Waals surface area contributed by atoms with E-state index in [1.165, 1.54) is 27.8 Å². The normalized spacial score (nSPS) is 12.3. The maximum Gasteiger partial charge on any atom is -1.00 e. The largest absolute Gasteiger partial charge is 1.00 e. The fourth-order valence-electron chi connectivity index (χ4n) is 4.37. The summed E-state index contributed by atoms with van der Waals surface area (Å²) in [5.74, 6) is 0.110. The van der Waals surface area contributed by atoms with Crippen molar-refractivity contribution in [3.05, 3.63) is 95.1 Å². The minimum absolute atomic E-state index is 0. The van der Waals surface area contributed by atoms with Crippen molar-refractivity contribution in [2.45, 2.75) is 43.5 Å². The number of benzene rings is 3. The topological polar surface area (TPSA) is 29.1 Å². The zero-order valence-electron chi connectivity index (χ0n) is 19.2. The summed E-state index contributed by atoms with van der Waals surface area (Å²) in [5.41, 5.74) is 7.56. The summed E-state index contributed by atoms with van der Waals surface area (Å²) in [6.45, 7) is 10.3. The average molecular weight is 519 g/mol. The van der Waals surface area contributed by atoms with E-state index in [-0.39, 0.29) is 36.1 Å². The van der Waals surface area contributed by atoms with Gasteiger partial charge < -0.3 is 24.8 Å². The molecule has 1 aliphatic carbocycles. The molecule has 0 saturated heterocycles. The summed E-state index contributed by atoms with van der Waals surface area (Å²) >= 11 is -1.93. The first-order valence-electron chi connectivity index (χ1n) is 10.7. The second kappa shape index (κ2) is 10.7. The number of hydrogen-bond donors (Lipinski definition) is 1. The molecule has 0 bridgehead atoms. The van der Waals surface area contributed by atoms with Crippen molar-refractivity contribution < 1.29 is 47.0 Å². The quantitative estimate of drug-likeness (QED) is 0.484. The van der Waals surface area contributed by atoms with Crippen molar-refractivity contribution in [3.8, 4) is 11.1 Å². The molecule has 32 heavy (non-hydrogen) atoms. The summed E-state index contributed by atoms with van der Waals surface area (Å²) in [6.07, 6.45) is 0. The van der Waals surface area contributed by atoms with E-state index in [4.69, 9.17) is 0 Å². The Hall–Kier alpha value is -1.36. The van der Waals surface area contributed by atoms with Crippen LogP contribution in [-0.4, -0.2) is 12.6 Å². The number of nitrogens with one attached hydrogen (secondary N) is 1. The Balaban J connectivity index is 0.00000181. The van der Waals surface area contributed by atoms with Crippen molar-refractivity contribution in [2.24, 2.45) is 0 Å². The maximum atomic E-state index is 13.4. The summed E-state index contributed by atoms with van der Waals surface area (Å²) in [6, 6.07) is 25.7.